The lowest BCUT2D eigenvalue weighted by Gasteiger charge is -2.07. The minimum absolute atomic E-state index is 0.829. The molecule has 0 atom stereocenters. The number of halogens is 1. The van der Waals surface area contributed by atoms with Crippen molar-refractivity contribution in [1.82, 2.24) is 4.98 Å². The van der Waals surface area contributed by atoms with Gasteiger partial charge in [0.15, 0.2) is 0 Å². The lowest BCUT2D eigenvalue weighted by atomic mass is 10.1. The van der Waals surface area contributed by atoms with Gasteiger partial charge in [-0.1, -0.05) is 40.2 Å². The maximum atomic E-state index is 4.64. The second-order valence-corrected chi connectivity index (χ2v) is 7.20. The van der Waals surface area contributed by atoms with Crippen molar-refractivity contribution >= 4 is 49.4 Å². The van der Waals surface area contributed by atoms with Gasteiger partial charge in [-0.2, -0.15) is 16.4 Å². The van der Waals surface area contributed by atoms with Crippen molar-refractivity contribution in [2.45, 2.75) is 0 Å². The van der Waals surface area contributed by atoms with Crippen LogP contribution >= 0.6 is 27.3 Å². The fourth-order valence-corrected chi connectivity index (χ4v) is 3.43. The number of nitrogens with zero attached hydrogens (tertiary/aromatic N) is 2. The molecule has 2 aromatic heterocycles. The fourth-order valence-electron chi connectivity index (χ4n) is 2.53. The lowest BCUT2D eigenvalue weighted by molar-refractivity contribution is 1.27. The smallest absolute Gasteiger partial charge is 0.117 e. The molecule has 122 valence electrons. The summed E-state index contributed by atoms with van der Waals surface area (Å²) in [6.45, 7) is 0. The highest BCUT2D eigenvalue weighted by Gasteiger charge is 2.10. The number of fused-ring (bicyclic) bond motifs is 1. The molecule has 0 fully saturated rings. The molecule has 0 aliphatic rings. The van der Waals surface area contributed by atoms with E-state index in [2.05, 4.69) is 61.1 Å². The van der Waals surface area contributed by atoms with E-state index in [9.17, 15) is 0 Å². The summed E-state index contributed by atoms with van der Waals surface area (Å²) in [5, 5.41) is 11.0. The van der Waals surface area contributed by atoms with Gasteiger partial charge in [0.2, 0.25) is 0 Å². The number of aromatic nitrogens is 1. The van der Waals surface area contributed by atoms with Crippen LogP contribution in [-0.4, -0.2) is 10.7 Å². The SMILES string of the molecule is Brc1ccc(N/N=C(/c2ccsc2)c2cc3ccccc3cn2)cc1. The first-order chi connectivity index (χ1) is 12.3. The number of hydrogen-bond acceptors (Lipinski definition) is 4. The molecule has 4 rings (SSSR count). The maximum absolute atomic E-state index is 4.64. The van der Waals surface area contributed by atoms with E-state index in [0.717, 1.165) is 37.9 Å². The number of rotatable bonds is 4. The highest BCUT2D eigenvalue weighted by atomic mass is 79.9. The topological polar surface area (TPSA) is 37.3 Å². The van der Waals surface area contributed by atoms with Gasteiger partial charge in [-0.05, 0) is 47.2 Å². The predicted molar refractivity (Wildman–Crippen MR) is 109 cm³/mol. The summed E-state index contributed by atoms with van der Waals surface area (Å²) in [6, 6.07) is 20.3. The standard InChI is InChI=1S/C20H14BrN3S/c21-17-5-7-18(8-6-17)23-24-20(16-9-10-25-13-16)19-11-14-3-1-2-4-15(14)12-22-19/h1-13,23H/b24-20-. The first kappa shape index (κ1) is 16.0. The van der Waals surface area contributed by atoms with Crippen LogP contribution in [0.3, 0.4) is 0 Å². The average molecular weight is 408 g/mol. The lowest BCUT2D eigenvalue weighted by Crippen LogP contribution is -2.07. The van der Waals surface area contributed by atoms with E-state index >= 15 is 0 Å². The van der Waals surface area contributed by atoms with Crippen LogP contribution in [-0.2, 0) is 0 Å². The monoisotopic (exact) mass is 407 g/mol. The third-order valence-electron chi connectivity index (χ3n) is 3.81. The second-order valence-electron chi connectivity index (χ2n) is 5.51. The Labute approximate surface area is 158 Å². The number of anilines is 1. The van der Waals surface area contributed by atoms with Gasteiger partial charge in [-0.25, -0.2) is 0 Å². The largest absolute Gasteiger partial charge is 0.278 e. The zero-order valence-electron chi connectivity index (χ0n) is 13.2. The highest BCUT2D eigenvalue weighted by molar-refractivity contribution is 9.10. The van der Waals surface area contributed by atoms with Crippen LogP contribution in [0.5, 0.6) is 0 Å². The molecular formula is C20H14BrN3S. The molecule has 3 nitrogen and oxygen atoms in total. The van der Waals surface area contributed by atoms with E-state index in [-0.39, 0.29) is 0 Å². The zero-order valence-corrected chi connectivity index (χ0v) is 15.6. The number of hydrazone groups is 1. The highest BCUT2D eigenvalue weighted by Crippen LogP contribution is 2.19. The molecule has 0 unspecified atom stereocenters. The Balaban J connectivity index is 1.74. The molecule has 0 saturated heterocycles. The van der Waals surface area contributed by atoms with Crippen LogP contribution in [0.2, 0.25) is 0 Å². The summed E-state index contributed by atoms with van der Waals surface area (Å²) in [4.78, 5) is 4.62. The molecule has 25 heavy (non-hydrogen) atoms. The van der Waals surface area contributed by atoms with E-state index in [1.165, 1.54) is 0 Å². The molecule has 4 aromatic rings. The molecule has 2 aromatic carbocycles. The number of thiophene rings is 1. The number of benzene rings is 2. The molecule has 0 amide bonds. The van der Waals surface area contributed by atoms with Crippen LogP contribution in [0.15, 0.2) is 87.2 Å². The minimum Gasteiger partial charge on any atom is -0.278 e. The Bertz CT molecular complexity index is 1020. The van der Waals surface area contributed by atoms with Crippen LogP contribution < -0.4 is 5.43 Å². The zero-order chi connectivity index (χ0) is 17.1. The summed E-state index contributed by atoms with van der Waals surface area (Å²) in [5.74, 6) is 0. The predicted octanol–water partition coefficient (Wildman–Crippen LogP) is 5.92. The Hall–Kier alpha value is -2.50. The Morgan fingerprint density at radius 3 is 2.56 bits per heavy atom. The first-order valence-electron chi connectivity index (χ1n) is 7.76. The van der Waals surface area contributed by atoms with Gasteiger partial charge in [0.1, 0.15) is 5.71 Å². The molecule has 0 spiro atoms. The van der Waals surface area contributed by atoms with Gasteiger partial charge in [0.05, 0.1) is 11.4 Å². The van der Waals surface area contributed by atoms with E-state index in [1.807, 2.05) is 48.0 Å². The van der Waals surface area contributed by atoms with Crippen molar-refractivity contribution in [3.8, 4) is 0 Å². The average Bonchev–Trinajstić information content (AvgIpc) is 3.18. The van der Waals surface area contributed by atoms with Crippen LogP contribution in [0, 0.1) is 0 Å². The van der Waals surface area contributed by atoms with Gasteiger partial charge in [-0.3, -0.25) is 10.4 Å². The Kier molecular flexibility index (Phi) is 4.59. The number of hydrogen-bond donors (Lipinski definition) is 1. The van der Waals surface area contributed by atoms with E-state index in [1.54, 1.807) is 11.3 Å². The van der Waals surface area contributed by atoms with Crippen molar-refractivity contribution in [1.29, 1.82) is 0 Å². The molecule has 0 bridgehead atoms. The normalized spacial score (nSPS) is 11.6. The molecule has 1 N–H and O–H groups in total. The molecular weight excluding hydrogens is 394 g/mol. The molecule has 0 aliphatic heterocycles. The van der Waals surface area contributed by atoms with Crippen LogP contribution in [0.4, 0.5) is 5.69 Å². The van der Waals surface area contributed by atoms with Gasteiger partial charge in [0, 0.05) is 27.0 Å². The fraction of sp³-hybridized carbons (Fsp3) is 0. The number of nitrogens with one attached hydrogen (secondary N) is 1. The van der Waals surface area contributed by atoms with Crippen LogP contribution in [0.1, 0.15) is 11.3 Å². The summed E-state index contributed by atoms with van der Waals surface area (Å²) in [5.41, 5.74) is 6.80. The third kappa shape index (κ3) is 3.62. The summed E-state index contributed by atoms with van der Waals surface area (Å²) >= 11 is 5.09. The molecule has 5 heteroatoms. The van der Waals surface area contributed by atoms with Gasteiger partial charge < -0.3 is 0 Å². The minimum atomic E-state index is 0.829. The van der Waals surface area contributed by atoms with Crippen molar-refractivity contribution in [2.75, 3.05) is 5.43 Å². The summed E-state index contributed by atoms with van der Waals surface area (Å²) < 4.78 is 1.04. The first-order valence-corrected chi connectivity index (χ1v) is 9.50. The quantitative estimate of drug-likeness (QED) is 0.336. The maximum Gasteiger partial charge on any atom is 0.117 e. The Morgan fingerprint density at radius 2 is 1.80 bits per heavy atom. The number of pyridine rings is 1. The van der Waals surface area contributed by atoms with Crippen LogP contribution in [0.25, 0.3) is 10.8 Å². The van der Waals surface area contributed by atoms with Gasteiger partial charge in [-0.15, -0.1) is 0 Å². The molecule has 0 aliphatic carbocycles. The van der Waals surface area contributed by atoms with Gasteiger partial charge >= 0.3 is 0 Å². The van der Waals surface area contributed by atoms with Crippen molar-refractivity contribution in [2.24, 2.45) is 5.10 Å². The van der Waals surface area contributed by atoms with E-state index < -0.39 is 0 Å². The third-order valence-corrected chi connectivity index (χ3v) is 5.02. The molecule has 0 saturated carbocycles. The van der Waals surface area contributed by atoms with E-state index in [4.69, 9.17) is 0 Å². The second kappa shape index (κ2) is 7.17. The Morgan fingerprint density at radius 1 is 1.00 bits per heavy atom. The van der Waals surface area contributed by atoms with E-state index in [0.29, 0.717) is 0 Å². The molecule has 2 heterocycles. The molecule has 0 radical (unpaired) electrons. The van der Waals surface area contributed by atoms with Crippen molar-refractivity contribution in [3.05, 3.63) is 93.4 Å². The summed E-state index contributed by atoms with van der Waals surface area (Å²) in [6.07, 6.45) is 1.90. The summed E-state index contributed by atoms with van der Waals surface area (Å²) in [7, 11) is 0. The van der Waals surface area contributed by atoms with Crippen molar-refractivity contribution < 1.29 is 0 Å². The van der Waals surface area contributed by atoms with Crippen molar-refractivity contribution in [3.63, 3.8) is 0 Å². The van der Waals surface area contributed by atoms with Gasteiger partial charge in [0.25, 0.3) is 0 Å².